The van der Waals surface area contributed by atoms with Crippen LogP contribution in [0.25, 0.3) is 0 Å². The summed E-state index contributed by atoms with van der Waals surface area (Å²) >= 11 is 0. The molecule has 1 fully saturated rings. The van der Waals surface area contributed by atoms with Crippen molar-refractivity contribution in [2.24, 2.45) is 5.92 Å². The zero-order valence-electron chi connectivity index (χ0n) is 15.7. The van der Waals surface area contributed by atoms with Crippen LogP contribution in [-0.2, 0) is 19.1 Å². The Balaban J connectivity index is 3.12. The van der Waals surface area contributed by atoms with Crippen LogP contribution in [0.3, 0.4) is 0 Å². The highest BCUT2D eigenvalue weighted by Crippen LogP contribution is 2.34. The second-order valence-electron chi connectivity index (χ2n) is 6.60. The van der Waals surface area contributed by atoms with Gasteiger partial charge in [0, 0.05) is 5.57 Å². The number of unbranched alkanes of at least 4 members (excludes halogenated alkanes) is 1. The first-order valence-electron chi connectivity index (χ1n) is 9.72. The lowest BCUT2D eigenvalue weighted by molar-refractivity contribution is -0.143. The van der Waals surface area contributed by atoms with Crippen LogP contribution in [0.1, 0.15) is 85.0 Å². The molecule has 0 amide bonds. The zero-order valence-corrected chi connectivity index (χ0v) is 15.7. The molecule has 24 heavy (non-hydrogen) atoms. The van der Waals surface area contributed by atoms with Gasteiger partial charge < -0.3 is 9.47 Å². The first-order valence-corrected chi connectivity index (χ1v) is 9.72. The molecule has 1 aliphatic carbocycles. The van der Waals surface area contributed by atoms with Crippen LogP contribution in [0.5, 0.6) is 0 Å². The van der Waals surface area contributed by atoms with Crippen LogP contribution in [0.2, 0.25) is 0 Å². The van der Waals surface area contributed by atoms with Crippen molar-refractivity contribution in [2.45, 2.75) is 85.0 Å². The van der Waals surface area contributed by atoms with Gasteiger partial charge in [0.2, 0.25) is 0 Å². The lowest BCUT2D eigenvalue weighted by Crippen LogP contribution is -2.24. The van der Waals surface area contributed by atoms with Crippen molar-refractivity contribution < 1.29 is 19.1 Å². The highest BCUT2D eigenvalue weighted by atomic mass is 16.5. The molecule has 0 aliphatic heterocycles. The van der Waals surface area contributed by atoms with Crippen LogP contribution in [0.4, 0.5) is 0 Å². The highest BCUT2D eigenvalue weighted by molar-refractivity contribution is 6.00. The molecule has 0 aromatic heterocycles. The first-order chi connectivity index (χ1) is 11.7. The Morgan fingerprint density at radius 2 is 1.42 bits per heavy atom. The topological polar surface area (TPSA) is 52.6 Å². The molecule has 4 nitrogen and oxygen atoms in total. The summed E-state index contributed by atoms with van der Waals surface area (Å²) in [6.45, 7) is 6.84. The average Bonchev–Trinajstić information content (AvgIpc) is 2.61. The quantitative estimate of drug-likeness (QED) is 0.417. The van der Waals surface area contributed by atoms with E-state index in [0.717, 1.165) is 51.4 Å². The molecule has 0 heterocycles. The molecular weight excluding hydrogens is 304 g/mol. The van der Waals surface area contributed by atoms with Gasteiger partial charge in [-0.25, -0.2) is 9.59 Å². The van der Waals surface area contributed by atoms with Gasteiger partial charge in [0.05, 0.1) is 18.8 Å². The number of carbonyl (C=O) groups is 2. The Hall–Kier alpha value is -1.32. The summed E-state index contributed by atoms with van der Waals surface area (Å²) in [4.78, 5) is 25.3. The largest absolute Gasteiger partial charge is 0.462 e. The van der Waals surface area contributed by atoms with Gasteiger partial charge in [-0.3, -0.25) is 0 Å². The van der Waals surface area contributed by atoms with Crippen molar-refractivity contribution in [3.63, 3.8) is 0 Å². The Kier molecular flexibility index (Phi) is 10.4. The van der Waals surface area contributed by atoms with Crippen molar-refractivity contribution in [1.82, 2.24) is 0 Å². The van der Waals surface area contributed by atoms with E-state index in [-0.39, 0.29) is 17.9 Å². The van der Waals surface area contributed by atoms with E-state index < -0.39 is 0 Å². The molecule has 1 aliphatic rings. The average molecular weight is 338 g/mol. The first kappa shape index (κ1) is 20.7. The minimum Gasteiger partial charge on any atom is -0.462 e. The van der Waals surface area contributed by atoms with E-state index >= 15 is 0 Å². The van der Waals surface area contributed by atoms with Crippen LogP contribution in [-0.4, -0.2) is 25.2 Å². The number of carbonyl (C=O) groups excluding carboxylic acids is 2. The second-order valence-corrected chi connectivity index (χ2v) is 6.60. The van der Waals surface area contributed by atoms with Gasteiger partial charge in [0.15, 0.2) is 0 Å². The van der Waals surface area contributed by atoms with E-state index in [2.05, 4.69) is 6.92 Å². The molecule has 0 unspecified atom stereocenters. The van der Waals surface area contributed by atoms with Crippen molar-refractivity contribution in [3.8, 4) is 0 Å². The van der Waals surface area contributed by atoms with Gasteiger partial charge in [-0.2, -0.15) is 0 Å². The van der Waals surface area contributed by atoms with Crippen LogP contribution in [0.15, 0.2) is 11.1 Å². The van der Waals surface area contributed by atoms with E-state index in [9.17, 15) is 9.59 Å². The Labute approximate surface area is 147 Å². The standard InChI is InChI=1S/C20H34O4/c1-4-7-13-17(19(21)23-14-5-2)18(20(22)24-15-6-3)16-11-9-8-10-12-16/h16H,4-15H2,1-3H3/b18-17-. The van der Waals surface area contributed by atoms with E-state index in [1.165, 1.54) is 6.42 Å². The third kappa shape index (κ3) is 6.66. The van der Waals surface area contributed by atoms with Gasteiger partial charge in [0.25, 0.3) is 0 Å². The molecule has 1 rings (SSSR count). The highest BCUT2D eigenvalue weighted by Gasteiger charge is 2.30. The minimum atomic E-state index is -0.320. The van der Waals surface area contributed by atoms with E-state index in [1.54, 1.807) is 0 Å². The zero-order chi connectivity index (χ0) is 17.8. The summed E-state index contributed by atoms with van der Waals surface area (Å²) in [5.74, 6) is -0.480. The van der Waals surface area contributed by atoms with Crippen molar-refractivity contribution in [3.05, 3.63) is 11.1 Å². The SMILES string of the molecule is CCCC/C(C(=O)OCCC)=C(/C(=O)OCCC)C1CCCCC1. The summed E-state index contributed by atoms with van der Waals surface area (Å²) in [5.41, 5.74) is 1.18. The third-order valence-electron chi connectivity index (χ3n) is 4.46. The molecule has 0 radical (unpaired) electrons. The Morgan fingerprint density at radius 1 is 0.833 bits per heavy atom. The number of hydrogen-bond acceptors (Lipinski definition) is 4. The van der Waals surface area contributed by atoms with E-state index in [4.69, 9.17) is 9.47 Å². The molecule has 0 atom stereocenters. The molecular formula is C20H34O4. The number of ether oxygens (including phenoxy) is 2. The molecule has 0 spiro atoms. The third-order valence-corrected chi connectivity index (χ3v) is 4.46. The monoisotopic (exact) mass is 338 g/mol. The molecule has 0 aromatic carbocycles. The van der Waals surface area contributed by atoms with Gasteiger partial charge in [-0.1, -0.05) is 46.5 Å². The summed E-state index contributed by atoms with van der Waals surface area (Å²) < 4.78 is 10.8. The van der Waals surface area contributed by atoms with Crippen molar-refractivity contribution in [2.75, 3.05) is 13.2 Å². The number of hydrogen-bond donors (Lipinski definition) is 0. The Morgan fingerprint density at radius 3 is 1.96 bits per heavy atom. The summed E-state index contributed by atoms with van der Waals surface area (Å²) in [6, 6.07) is 0. The predicted molar refractivity (Wildman–Crippen MR) is 95.6 cm³/mol. The van der Waals surface area contributed by atoms with Crippen LogP contribution in [0, 0.1) is 5.92 Å². The minimum absolute atomic E-state index is 0.143. The normalized spacial score (nSPS) is 16.5. The number of rotatable bonds is 10. The summed E-state index contributed by atoms with van der Waals surface area (Å²) in [6.07, 6.45) is 9.39. The lowest BCUT2D eigenvalue weighted by Gasteiger charge is -2.25. The van der Waals surface area contributed by atoms with Gasteiger partial charge in [0.1, 0.15) is 0 Å². The van der Waals surface area contributed by atoms with Crippen LogP contribution >= 0.6 is 0 Å². The van der Waals surface area contributed by atoms with Gasteiger partial charge in [-0.05, 0) is 44.4 Å². The summed E-state index contributed by atoms with van der Waals surface area (Å²) in [7, 11) is 0. The maximum absolute atomic E-state index is 12.7. The lowest BCUT2D eigenvalue weighted by atomic mass is 9.81. The molecule has 0 N–H and O–H groups in total. The molecule has 138 valence electrons. The van der Waals surface area contributed by atoms with E-state index in [0.29, 0.717) is 30.8 Å². The summed E-state index contributed by atoms with van der Waals surface area (Å²) in [5, 5.41) is 0. The molecule has 0 bridgehead atoms. The fourth-order valence-corrected chi connectivity index (χ4v) is 3.18. The maximum atomic E-state index is 12.7. The predicted octanol–water partition coefficient (Wildman–Crippen LogP) is 4.96. The van der Waals surface area contributed by atoms with Gasteiger partial charge in [-0.15, -0.1) is 0 Å². The van der Waals surface area contributed by atoms with Crippen molar-refractivity contribution >= 4 is 11.9 Å². The maximum Gasteiger partial charge on any atom is 0.334 e. The molecule has 0 saturated heterocycles. The fraction of sp³-hybridized carbons (Fsp3) is 0.800. The second kappa shape index (κ2) is 12.1. The van der Waals surface area contributed by atoms with E-state index in [1.807, 2.05) is 13.8 Å². The molecule has 4 heteroatoms. The molecule has 1 saturated carbocycles. The Bertz CT molecular complexity index is 419. The van der Waals surface area contributed by atoms with Gasteiger partial charge >= 0.3 is 11.9 Å². The van der Waals surface area contributed by atoms with Crippen molar-refractivity contribution in [1.29, 1.82) is 0 Å². The fourth-order valence-electron chi connectivity index (χ4n) is 3.18. The smallest absolute Gasteiger partial charge is 0.334 e. The van der Waals surface area contributed by atoms with Crippen LogP contribution < -0.4 is 0 Å². The number of esters is 2. The molecule has 0 aromatic rings.